The molecule has 1 atom stereocenters. The molecule has 0 aliphatic rings. The van der Waals surface area contributed by atoms with Gasteiger partial charge in [0.1, 0.15) is 5.75 Å². The molecule has 0 aliphatic heterocycles. The van der Waals surface area contributed by atoms with Gasteiger partial charge in [0.15, 0.2) is 5.78 Å². The Morgan fingerprint density at radius 3 is 2.31 bits per heavy atom. The van der Waals surface area contributed by atoms with Crippen molar-refractivity contribution in [1.82, 2.24) is 4.90 Å². The number of phenolic OH excluding ortho intramolecular Hbond substituents is 1. The summed E-state index contributed by atoms with van der Waals surface area (Å²) in [6.07, 6.45) is 0.728. The van der Waals surface area contributed by atoms with Crippen molar-refractivity contribution < 1.29 is 9.90 Å². The smallest absolute Gasteiger partial charge is 0.167 e. The van der Waals surface area contributed by atoms with Crippen LogP contribution in [0.5, 0.6) is 5.75 Å². The fourth-order valence-corrected chi connectivity index (χ4v) is 3.20. The van der Waals surface area contributed by atoms with Gasteiger partial charge in [-0.3, -0.25) is 4.79 Å². The normalized spacial score (nSPS) is 12.0. The number of benzene rings is 3. The van der Waals surface area contributed by atoms with E-state index in [1.807, 2.05) is 56.6 Å². The van der Waals surface area contributed by atoms with Crippen molar-refractivity contribution >= 4 is 29.0 Å². The fraction of sp³-hybridized carbons (Fsp3) is 0.227. The Bertz CT molecular complexity index is 878. The van der Waals surface area contributed by atoms with Gasteiger partial charge in [0.05, 0.1) is 0 Å². The van der Waals surface area contributed by atoms with Gasteiger partial charge < -0.3 is 10.0 Å². The number of hydrogen-bond donors (Lipinski definition) is 1. The first-order chi connectivity index (χ1) is 12.0. The molecule has 3 rings (SSSR count). The second kappa shape index (κ2) is 8.84. The first-order valence-electron chi connectivity index (χ1n) is 8.48. The molecule has 0 spiro atoms. The van der Waals surface area contributed by atoms with Crippen LogP contribution in [-0.4, -0.2) is 36.4 Å². The van der Waals surface area contributed by atoms with Crippen LogP contribution in [0.3, 0.4) is 0 Å². The predicted molar refractivity (Wildman–Crippen MR) is 109 cm³/mol. The highest BCUT2D eigenvalue weighted by molar-refractivity contribution is 6.01. The van der Waals surface area contributed by atoms with Crippen LogP contribution >= 0.6 is 12.4 Å². The van der Waals surface area contributed by atoms with Crippen LogP contribution in [0, 0.1) is 5.92 Å². The number of aromatic hydroxyl groups is 1. The fourth-order valence-electron chi connectivity index (χ4n) is 3.20. The van der Waals surface area contributed by atoms with Crippen molar-refractivity contribution in [2.75, 3.05) is 20.6 Å². The number of phenols is 1. The van der Waals surface area contributed by atoms with Gasteiger partial charge >= 0.3 is 0 Å². The summed E-state index contributed by atoms with van der Waals surface area (Å²) in [6, 6.07) is 21.0. The quantitative estimate of drug-likeness (QED) is 0.647. The van der Waals surface area contributed by atoms with Crippen LogP contribution in [-0.2, 0) is 6.42 Å². The van der Waals surface area contributed by atoms with Crippen LogP contribution in [0.15, 0.2) is 66.7 Å². The maximum Gasteiger partial charge on any atom is 0.167 e. The number of carbonyl (C=O) groups is 1. The Morgan fingerprint density at radius 2 is 1.62 bits per heavy atom. The molecule has 0 heterocycles. The van der Waals surface area contributed by atoms with E-state index >= 15 is 0 Å². The molecule has 0 fully saturated rings. The van der Waals surface area contributed by atoms with Crippen LogP contribution in [0.1, 0.15) is 15.9 Å². The van der Waals surface area contributed by atoms with Gasteiger partial charge in [0.25, 0.3) is 0 Å². The highest BCUT2D eigenvalue weighted by atomic mass is 35.5. The van der Waals surface area contributed by atoms with E-state index in [4.69, 9.17) is 0 Å². The molecule has 136 valence electrons. The van der Waals surface area contributed by atoms with Crippen LogP contribution in [0.25, 0.3) is 10.8 Å². The lowest BCUT2D eigenvalue weighted by atomic mass is 9.90. The minimum absolute atomic E-state index is 0. The van der Waals surface area contributed by atoms with Gasteiger partial charge in [-0.05, 0) is 55.1 Å². The second-order valence-electron chi connectivity index (χ2n) is 6.76. The molecule has 0 aliphatic carbocycles. The van der Waals surface area contributed by atoms with E-state index < -0.39 is 0 Å². The van der Waals surface area contributed by atoms with E-state index in [1.54, 1.807) is 12.1 Å². The average Bonchev–Trinajstić information content (AvgIpc) is 2.60. The molecule has 0 saturated carbocycles. The molecule has 4 heteroatoms. The third-order valence-electron chi connectivity index (χ3n) is 4.39. The molecular weight excluding hydrogens is 346 g/mol. The summed E-state index contributed by atoms with van der Waals surface area (Å²) < 4.78 is 0. The highest BCUT2D eigenvalue weighted by Crippen LogP contribution is 2.23. The molecule has 3 aromatic rings. The summed E-state index contributed by atoms with van der Waals surface area (Å²) in [5, 5.41) is 11.5. The molecule has 0 radical (unpaired) electrons. The molecular formula is C22H24ClNO2. The summed E-state index contributed by atoms with van der Waals surface area (Å²) >= 11 is 0. The van der Waals surface area contributed by atoms with E-state index in [2.05, 4.69) is 17.0 Å². The number of nitrogens with zero attached hydrogens (tertiary/aromatic N) is 1. The molecule has 3 aromatic carbocycles. The Morgan fingerprint density at radius 1 is 0.962 bits per heavy atom. The Hall–Kier alpha value is -2.36. The van der Waals surface area contributed by atoms with E-state index in [9.17, 15) is 9.90 Å². The summed E-state index contributed by atoms with van der Waals surface area (Å²) in [5.74, 6) is 0.306. The SMILES string of the molecule is CN(C)C[C@H](Cc1ccccc1)C(=O)c1ccc2cc(O)ccc2c1.Cl. The van der Waals surface area contributed by atoms with Crippen molar-refractivity contribution in [1.29, 1.82) is 0 Å². The first-order valence-corrected chi connectivity index (χ1v) is 8.48. The molecule has 0 unspecified atom stereocenters. The molecule has 0 aromatic heterocycles. The third kappa shape index (κ3) is 4.84. The van der Waals surface area contributed by atoms with Crippen LogP contribution in [0.4, 0.5) is 0 Å². The zero-order valence-corrected chi connectivity index (χ0v) is 15.9. The van der Waals surface area contributed by atoms with Gasteiger partial charge in [-0.1, -0.05) is 48.5 Å². The summed E-state index contributed by atoms with van der Waals surface area (Å²) in [7, 11) is 3.99. The number of carbonyl (C=O) groups excluding carboxylic acids is 1. The predicted octanol–water partition coefficient (Wildman–Crippen LogP) is 4.57. The second-order valence-corrected chi connectivity index (χ2v) is 6.76. The van der Waals surface area contributed by atoms with E-state index in [1.165, 1.54) is 5.56 Å². The van der Waals surface area contributed by atoms with Gasteiger partial charge in [-0.15, -0.1) is 12.4 Å². The standard InChI is InChI=1S/C22H23NO2.ClH/c1-23(2)15-20(12-16-6-4-3-5-7-16)22(25)19-9-8-18-14-21(24)11-10-17(18)13-19;/h3-11,13-14,20,24H,12,15H2,1-2H3;1H/t20-;/m0./s1. The summed E-state index contributed by atoms with van der Waals surface area (Å²) in [5.41, 5.74) is 1.90. The van der Waals surface area contributed by atoms with Crippen LogP contribution < -0.4 is 0 Å². The number of hydrogen-bond acceptors (Lipinski definition) is 3. The average molecular weight is 370 g/mol. The largest absolute Gasteiger partial charge is 0.508 e. The topological polar surface area (TPSA) is 40.5 Å². The Balaban J connectivity index is 0.00000243. The van der Waals surface area contributed by atoms with E-state index in [0.717, 1.165) is 22.8 Å². The van der Waals surface area contributed by atoms with Crippen molar-refractivity contribution in [3.63, 3.8) is 0 Å². The first kappa shape index (κ1) is 20.0. The number of fused-ring (bicyclic) bond motifs is 1. The number of halogens is 1. The number of rotatable bonds is 6. The summed E-state index contributed by atoms with van der Waals surface area (Å²) in [6.45, 7) is 0.710. The molecule has 3 nitrogen and oxygen atoms in total. The minimum Gasteiger partial charge on any atom is -0.508 e. The monoisotopic (exact) mass is 369 g/mol. The zero-order valence-electron chi connectivity index (χ0n) is 15.1. The van der Waals surface area contributed by atoms with Gasteiger partial charge in [0, 0.05) is 18.0 Å². The molecule has 0 bridgehead atoms. The lowest BCUT2D eigenvalue weighted by molar-refractivity contribution is 0.0897. The van der Waals surface area contributed by atoms with Gasteiger partial charge in [-0.25, -0.2) is 0 Å². The molecule has 0 amide bonds. The summed E-state index contributed by atoms with van der Waals surface area (Å²) in [4.78, 5) is 15.2. The van der Waals surface area contributed by atoms with Crippen molar-refractivity contribution in [2.45, 2.75) is 6.42 Å². The Labute approximate surface area is 160 Å². The molecule has 1 N–H and O–H groups in total. The Kier molecular flexibility index (Phi) is 6.78. The van der Waals surface area contributed by atoms with Crippen molar-refractivity contribution in [2.24, 2.45) is 5.92 Å². The highest BCUT2D eigenvalue weighted by Gasteiger charge is 2.21. The third-order valence-corrected chi connectivity index (χ3v) is 4.39. The van der Waals surface area contributed by atoms with Crippen molar-refractivity contribution in [3.8, 4) is 5.75 Å². The molecule has 0 saturated heterocycles. The lowest BCUT2D eigenvalue weighted by Crippen LogP contribution is -2.29. The minimum atomic E-state index is -0.0908. The van der Waals surface area contributed by atoms with Gasteiger partial charge in [-0.2, -0.15) is 0 Å². The maximum atomic E-state index is 13.1. The molecule has 26 heavy (non-hydrogen) atoms. The lowest BCUT2D eigenvalue weighted by Gasteiger charge is -2.20. The van der Waals surface area contributed by atoms with Crippen LogP contribution in [0.2, 0.25) is 0 Å². The zero-order chi connectivity index (χ0) is 17.8. The maximum absolute atomic E-state index is 13.1. The van der Waals surface area contributed by atoms with E-state index in [0.29, 0.717) is 6.54 Å². The van der Waals surface area contributed by atoms with E-state index in [-0.39, 0.29) is 29.9 Å². The number of Topliss-reactive ketones (excluding diaryl/α,β-unsaturated/α-hetero) is 1. The van der Waals surface area contributed by atoms with Crippen molar-refractivity contribution in [3.05, 3.63) is 77.9 Å². The number of ketones is 1. The van der Waals surface area contributed by atoms with Gasteiger partial charge in [0.2, 0.25) is 0 Å².